The summed E-state index contributed by atoms with van der Waals surface area (Å²) >= 11 is 1.36. The number of alkyl halides is 2. The molecule has 4 nitrogen and oxygen atoms in total. The second-order valence-electron chi connectivity index (χ2n) is 7.71. The van der Waals surface area contributed by atoms with Crippen LogP contribution in [0.5, 0.6) is 5.75 Å². The Balaban J connectivity index is 1.58. The first-order valence-corrected chi connectivity index (χ1v) is 11.3. The SMILES string of the molecule is O=C1/C(=C/c2ccc(OC(F)F)cc2)SC(=Nc2ccccc2)N1CC1CCCCC1. The van der Waals surface area contributed by atoms with Crippen molar-refractivity contribution in [2.75, 3.05) is 6.54 Å². The predicted octanol–water partition coefficient (Wildman–Crippen LogP) is 6.47. The lowest BCUT2D eigenvalue weighted by atomic mass is 9.89. The van der Waals surface area contributed by atoms with Crippen molar-refractivity contribution in [1.82, 2.24) is 4.90 Å². The zero-order valence-electron chi connectivity index (χ0n) is 17.0. The molecule has 1 heterocycles. The first-order valence-electron chi connectivity index (χ1n) is 10.5. The normalized spacial score (nSPS) is 20.2. The number of nitrogens with zero attached hydrogens (tertiary/aromatic N) is 2. The third kappa shape index (κ3) is 5.73. The van der Waals surface area contributed by atoms with Crippen molar-refractivity contribution in [2.45, 2.75) is 38.7 Å². The van der Waals surface area contributed by atoms with E-state index in [4.69, 9.17) is 4.99 Å². The molecule has 0 radical (unpaired) electrons. The minimum Gasteiger partial charge on any atom is -0.435 e. The summed E-state index contributed by atoms with van der Waals surface area (Å²) in [6.45, 7) is -2.18. The zero-order valence-corrected chi connectivity index (χ0v) is 17.9. The van der Waals surface area contributed by atoms with E-state index in [1.54, 1.807) is 23.1 Å². The highest BCUT2D eigenvalue weighted by Gasteiger charge is 2.35. The van der Waals surface area contributed by atoms with E-state index in [-0.39, 0.29) is 11.7 Å². The van der Waals surface area contributed by atoms with Gasteiger partial charge in [-0.15, -0.1) is 0 Å². The standard InChI is InChI=1S/C24H24F2N2O2S/c25-23(26)30-20-13-11-17(12-14-20)15-21-22(29)28(16-18-7-3-1-4-8-18)24(31-21)27-19-9-5-2-6-10-19/h2,5-6,9-15,18,23H,1,3-4,7-8,16H2/b21-15-,27-24?. The minimum absolute atomic E-state index is 0.0573. The number of ether oxygens (including phenoxy) is 1. The molecule has 1 saturated heterocycles. The molecular weight excluding hydrogens is 418 g/mol. The van der Waals surface area contributed by atoms with Crippen molar-refractivity contribution in [1.29, 1.82) is 0 Å². The van der Waals surface area contributed by atoms with Gasteiger partial charge in [0.1, 0.15) is 5.75 Å². The Morgan fingerprint density at radius 1 is 1.06 bits per heavy atom. The number of carbonyl (C=O) groups excluding carboxylic acids is 1. The van der Waals surface area contributed by atoms with Crippen molar-refractivity contribution in [2.24, 2.45) is 10.9 Å². The topological polar surface area (TPSA) is 41.9 Å². The third-order valence-corrected chi connectivity index (χ3v) is 6.44. The van der Waals surface area contributed by atoms with Crippen LogP contribution in [0.4, 0.5) is 14.5 Å². The van der Waals surface area contributed by atoms with Crippen LogP contribution in [-0.2, 0) is 4.79 Å². The molecule has 0 bridgehead atoms. The number of amidine groups is 1. The maximum absolute atomic E-state index is 13.2. The predicted molar refractivity (Wildman–Crippen MR) is 120 cm³/mol. The van der Waals surface area contributed by atoms with E-state index < -0.39 is 6.61 Å². The minimum atomic E-state index is -2.86. The average Bonchev–Trinajstić information content (AvgIpc) is 3.05. The number of thioether (sulfide) groups is 1. The van der Waals surface area contributed by atoms with E-state index in [1.165, 1.54) is 43.2 Å². The fraction of sp³-hybridized carbons (Fsp3) is 0.333. The molecule has 1 amide bonds. The molecule has 31 heavy (non-hydrogen) atoms. The van der Waals surface area contributed by atoms with Gasteiger partial charge >= 0.3 is 6.61 Å². The summed E-state index contributed by atoms with van der Waals surface area (Å²) in [6.07, 6.45) is 7.73. The zero-order chi connectivity index (χ0) is 21.6. The van der Waals surface area contributed by atoms with Gasteiger partial charge in [0.15, 0.2) is 5.17 Å². The summed E-state index contributed by atoms with van der Waals surface area (Å²) in [7, 11) is 0. The van der Waals surface area contributed by atoms with Gasteiger partial charge in [-0.05, 0) is 66.4 Å². The molecule has 2 fully saturated rings. The Labute approximate surface area is 185 Å². The average molecular weight is 443 g/mol. The number of rotatable bonds is 6. The van der Waals surface area contributed by atoms with Crippen LogP contribution in [0.1, 0.15) is 37.7 Å². The highest BCUT2D eigenvalue weighted by molar-refractivity contribution is 8.18. The molecule has 7 heteroatoms. The van der Waals surface area contributed by atoms with E-state index >= 15 is 0 Å². The molecule has 0 atom stereocenters. The second-order valence-corrected chi connectivity index (χ2v) is 8.72. The summed E-state index contributed by atoms with van der Waals surface area (Å²) in [5, 5.41) is 0.686. The Morgan fingerprint density at radius 2 is 1.77 bits per heavy atom. The van der Waals surface area contributed by atoms with Crippen LogP contribution < -0.4 is 4.74 Å². The number of aliphatic imine (C=N–C) groups is 1. The molecule has 1 aliphatic carbocycles. The molecule has 4 rings (SSSR count). The van der Waals surface area contributed by atoms with Gasteiger partial charge in [-0.2, -0.15) is 8.78 Å². The summed E-state index contributed by atoms with van der Waals surface area (Å²) in [6, 6.07) is 15.9. The summed E-state index contributed by atoms with van der Waals surface area (Å²) < 4.78 is 29.1. The molecule has 2 aliphatic rings. The summed E-state index contributed by atoms with van der Waals surface area (Å²) in [5.74, 6) is 0.523. The van der Waals surface area contributed by atoms with E-state index in [9.17, 15) is 13.6 Å². The van der Waals surface area contributed by atoms with Gasteiger partial charge in [-0.25, -0.2) is 4.99 Å². The number of hydrogen-bond donors (Lipinski definition) is 0. The van der Waals surface area contributed by atoms with Crippen molar-refractivity contribution < 1.29 is 18.3 Å². The van der Waals surface area contributed by atoms with Crippen LogP contribution in [0.15, 0.2) is 64.5 Å². The highest BCUT2D eigenvalue weighted by Crippen LogP contribution is 2.36. The Kier molecular flexibility index (Phi) is 7.02. The molecule has 0 aromatic heterocycles. The van der Waals surface area contributed by atoms with Crippen LogP contribution in [-0.4, -0.2) is 29.1 Å². The van der Waals surface area contributed by atoms with Crippen molar-refractivity contribution in [3.05, 3.63) is 65.1 Å². The summed E-state index contributed by atoms with van der Waals surface area (Å²) in [4.78, 5) is 20.3. The van der Waals surface area contributed by atoms with E-state index in [0.29, 0.717) is 22.5 Å². The van der Waals surface area contributed by atoms with Crippen LogP contribution in [0.3, 0.4) is 0 Å². The maximum Gasteiger partial charge on any atom is 0.387 e. The highest BCUT2D eigenvalue weighted by atomic mass is 32.2. The quantitative estimate of drug-likeness (QED) is 0.481. The first-order chi connectivity index (χ1) is 15.1. The number of amides is 1. The van der Waals surface area contributed by atoms with Crippen LogP contribution in [0.2, 0.25) is 0 Å². The van der Waals surface area contributed by atoms with E-state index in [1.807, 2.05) is 30.3 Å². The fourth-order valence-electron chi connectivity index (χ4n) is 3.89. The molecule has 1 saturated carbocycles. The van der Waals surface area contributed by atoms with Gasteiger partial charge < -0.3 is 4.74 Å². The Morgan fingerprint density at radius 3 is 2.45 bits per heavy atom. The molecule has 2 aromatic carbocycles. The second kappa shape index (κ2) is 10.1. The Hall–Kier alpha value is -2.67. The monoisotopic (exact) mass is 442 g/mol. The maximum atomic E-state index is 13.2. The third-order valence-electron chi connectivity index (χ3n) is 5.44. The van der Waals surface area contributed by atoms with E-state index in [0.717, 1.165) is 24.1 Å². The van der Waals surface area contributed by atoms with E-state index in [2.05, 4.69) is 4.74 Å². The molecular formula is C24H24F2N2O2S. The van der Waals surface area contributed by atoms with Gasteiger partial charge in [-0.3, -0.25) is 9.69 Å². The van der Waals surface area contributed by atoms with Crippen molar-refractivity contribution in [3.8, 4) is 5.75 Å². The largest absolute Gasteiger partial charge is 0.435 e. The van der Waals surface area contributed by atoms with Gasteiger partial charge in [0.2, 0.25) is 0 Å². The number of carbonyl (C=O) groups is 1. The Bertz CT molecular complexity index is 955. The molecule has 162 valence electrons. The molecule has 2 aromatic rings. The molecule has 0 spiro atoms. The van der Waals surface area contributed by atoms with Crippen molar-refractivity contribution in [3.63, 3.8) is 0 Å². The van der Waals surface area contributed by atoms with Crippen LogP contribution in [0, 0.1) is 5.92 Å². The van der Waals surface area contributed by atoms with Crippen LogP contribution in [0.25, 0.3) is 6.08 Å². The number of benzene rings is 2. The molecule has 1 aliphatic heterocycles. The van der Waals surface area contributed by atoms with Gasteiger partial charge in [0.25, 0.3) is 5.91 Å². The lowest BCUT2D eigenvalue weighted by molar-refractivity contribution is -0.122. The first kappa shape index (κ1) is 21.6. The molecule has 0 N–H and O–H groups in total. The number of hydrogen-bond acceptors (Lipinski definition) is 4. The van der Waals surface area contributed by atoms with Crippen molar-refractivity contribution >= 4 is 34.6 Å². The number of para-hydroxylation sites is 1. The smallest absolute Gasteiger partial charge is 0.387 e. The molecule has 0 unspecified atom stereocenters. The van der Waals surface area contributed by atoms with Gasteiger partial charge in [0, 0.05) is 6.54 Å². The fourth-order valence-corrected chi connectivity index (χ4v) is 4.90. The summed E-state index contributed by atoms with van der Waals surface area (Å²) in [5.41, 5.74) is 1.55. The van der Waals surface area contributed by atoms with Gasteiger partial charge in [-0.1, -0.05) is 49.6 Å². The number of halogens is 2. The van der Waals surface area contributed by atoms with Crippen LogP contribution >= 0.6 is 11.8 Å². The lowest BCUT2D eigenvalue weighted by Gasteiger charge is -2.26. The lowest BCUT2D eigenvalue weighted by Crippen LogP contribution is -2.34. The van der Waals surface area contributed by atoms with Gasteiger partial charge in [0.05, 0.1) is 10.6 Å².